The number of hydrogen-bond donors (Lipinski definition) is 3. The van der Waals surface area contributed by atoms with Gasteiger partial charge in [-0.1, -0.05) is 0 Å². The predicted octanol–water partition coefficient (Wildman–Crippen LogP) is 3.72. The standard InChI is InChI=1S/C20H18I2N8O4/c21-13-9-12(17(31)16(22)10-13)11-23-28-19-25-18(24-14-1-3-15(4-2-14)30(32)33)26-20(27-19)29-5-7-34-8-6-29/h1-4,9-11,31H,5-8H2,(H2,24,25,26,27,28)/b23-11+. The predicted molar refractivity (Wildman–Crippen MR) is 144 cm³/mol. The Morgan fingerprint density at radius 3 is 2.53 bits per heavy atom. The second-order valence-corrected chi connectivity index (χ2v) is 9.41. The number of anilines is 4. The van der Waals surface area contributed by atoms with Crippen LogP contribution in [-0.4, -0.2) is 57.5 Å². The van der Waals surface area contributed by atoms with Crippen molar-refractivity contribution in [3.8, 4) is 5.75 Å². The number of phenols is 1. The van der Waals surface area contributed by atoms with Crippen LogP contribution in [0.4, 0.5) is 29.2 Å². The van der Waals surface area contributed by atoms with Crippen molar-refractivity contribution in [2.75, 3.05) is 41.9 Å². The van der Waals surface area contributed by atoms with E-state index in [9.17, 15) is 15.2 Å². The van der Waals surface area contributed by atoms with E-state index in [-0.39, 0.29) is 23.3 Å². The van der Waals surface area contributed by atoms with Gasteiger partial charge in [-0.15, -0.1) is 0 Å². The van der Waals surface area contributed by atoms with Gasteiger partial charge >= 0.3 is 0 Å². The molecule has 0 atom stereocenters. The summed E-state index contributed by atoms with van der Waals surface area (Å²) in [5.74, 6) is 1.01. The molecule has 4 rings (SSSR count). The zero-order chi connectivity index (χ0) is 24.1. The van der Waals surface area contributed by atoms with Crippen molar-refractivity contribution >= 4 is 80.6 Å². The summed E-state index contributed by atoms with van der Waals surface area (Å²) < 4.78 is 7.09. The van der Waals surface area contributed by atoms with Gasteiger partial charge in [-0.05, 0) is 69.4 Å². The average molecular weight is 688 g/mol. The summed E-state index contributed by atoms with van der Waals surface area (Å²) >= 11 is 4.23. The van der Waals surface area contributed by atoms with Crippen molar-refractivity contribution in [1.29, 1.82) is 0 Å². The molecule has 3 N–H and O–H groups in total. The number of morpholine rings is 1. The van der Waals surface area contributed by atoms with Gasteiger partial charge < -0.3 is 20.1 Å². The van der Waals surface area contributed by atoms with Crippen LogP contribution in [-0.2, 0) is 4.74 Å². The van der Waals surface area contributed by atoms with Gasteiger partial charge in [-0.25, -0.2) is 5.43 Å². The number of halogens is 2. The lowest BCUT2D eigenvalue weighted by molar-refractivity contribution is -0.384. The normalized spacial score (nSPS) is 13.8. The molecule has 0 amide bonds. The molecule has 0 saturated carbocycles. The minimum absolute atomic E-state index is 0.0135. The van der Waals surface area contributed by atoms with Gasteiger partial charge in [-0.2, -0.15) is 20.1 Å². The zero-order valence-electron chi connectivity index (χ0n) is 17.5. The molecular weight excluding hydrogens is 670 g/mol. The van der Waals surface area contributed by atoms with Crippen molar-refractivity contribution in [3.05, 3.63) is 59.2 Å². The number of hydrogen-bond acceptors (Lipinski definition) is 11. The van der Waals surface area contributed by atoms with Crippen LogP contribution in [0.25, 0.3) is 0 Å². The number of hydrazone groups is 1. The summed E-state index contributed by atoms with van der Waals surface area (Å²) in [6.07, 6.45) is 1.49. The van der Waals surface area contributed by atoms with Crippen LogP contribution < -0.4 is 15.6 Å². The van der Waals surface area contributed by atoms with Gasteiger partial charge in [0.15, 0.2) is 0 Å². The van der Waals surface area contributed by atoms with Gasteiger partial charge in [0.2, 0.25) is 17.8 Å². The Morgan fingerprint density at radius 2 is 1.82 bits per heavy atom. The topological polar surface area (TPSA) is 151 Å². The van der Waals surface area contributed by atoms with E-state index in [1.165, 1.54) is 18.3 Å². The van der Waals surface area contributed by atoms with E-state index in [1.807, 2.05) is 11.0 Å². The number of rotatable bonds is 7. The molecule has 1 aliphatic rings. The molecule has 1 aromatic heterocycles. The number of aromatic hydroxyl groups is 1. The third-order valence-electron chi connectivity index (χ3n) is 4.68. The fourth-order valence-corrected chi connectivity index (χ4v) is 4.90. The van der Waals surface area contributed by atoms with Gasteiger partial charge in [0.1, 0.15) is 5.75 Å². The van der Waals surface area contributed by atoms with Crippen molar-refractivity contribution in [1.82, 2.24) is 15.0 Å². The van der Waals surface area contributed by atoms with E-state index >= 15 is 0 Å². The number of nitrogens with one attached hydrogen (secondary N) is 2. The highest BCUT2D eigenvalue weighted by atomic mass is 127. The van der Waals surface area contributed by atoms with E-state index < -0.39 is 4.92 Å². The number of non-ortho nitro benzene ring substituents is 1. The van der Waals surface area contributed by atoms with Crippen LogP contribution in [0.2, 0.25) is 0 Å². The highest BCUT2D eigenvalue weighted by Gasteiger charge is 2.17. The van der Waals surface area contributed by atoms with Crippen LogP contribution in [0.3, 0.4) is 0 Å². The summed E-state index contributed by atoms with van der Waals surface area (Å²) in [5.41, 5.74) is 3.91. The minimum atomic E-state index is -0.462. The van der Waals surface area contributed by atoms with Crippen LogP contribution in [0.1, 0.15) is 5.56 Å². The first kappa shape index (κ1) is 24.3. The SMILES string of the molecule is O=[N+]([O-])c1ccc(Nc2nc(N/N=C/c3cc(I)cc(I)c3O)nc(N3CCOCC3)n2)cc1. The van der Waals surface area contributed by atoms with Crippen LogP contribution in [0, 0.1) is 17.3 Å². The molecule has 176 valence electrons. The van der Waals surface area contributed by atoms with Crippen molar-refractivity contribution in [3.63, 3.8) is 0 Å². The molecule has 0 aliphatic carbocycles. The van der Waals surface area contributed by atoms with Crippen molar-refractivity contribution < 1.29 is 14.8 Å². The van der Waals surface area contributed by atoms with E-state index in [4.69, 9.17) is 4.74 Å². The number of benzene rings is 2. The maximum absolute atomic E-state index is 10.9. The van der Waals surface area contributed by atoms with Gasteiger partial charge in [0.25, 0.3) is 5.69 Å². The molecule has 34 heavy (non-hydrogen) atoms. The molecular formula is C20H18I2N8O4. The highest BCUT2D eigenvalue weighted by molar-refractivity contribution is 14.1. The molecule has 0 unspecified atom stereocenters. The lowest BCUT2D eigenvalue weighted by atomic mass is 10.2. The van der Waals surface area contributed by atoms with E-state index in [0.29, 0.717) is 43.5 Å². The maximum atomic E-state index is 10.9. The van der Waals surface area contributed by atoms with E-state index in [0.717, 1.165) is 7.14 Å². The number of nitro benzene ring substituents is 1. The van der Waals surface area contributed by atoms with Crippen molar-refractivity contribution in [2.24, 2.45) is 5.10 Å². The average Bonchev–Trinajstić information content (AvgIpc) is 2.83. The second kappa shape index (κ2) is 11.0. The van der Waals surface area contributed by atoms with E-state index in [2.05, 4.69) is 76.0 Å². The minimum Gasteiger partial charge on any atom is -0.506 e. The van der Waals surface area contributed by atoms with Gasteiger partial charge in [0.05, 0.1) is 27.9 Å². The molecule has 1 saturated heterocycles. The van der Waals surface area contributed by atoms with Crippen molar-refractivity contribution in [2.45, 2.75) is 0 Å². The molecule has 2 heterocycles. The number of nitrogens with zero attached hydrogens (tertiary/aromatic N) is 6. The largest absolute Gasteiger partial charge is 0.506 e. The Labute approximate surface area is 221 Å². The summed E-state index contributed by atoms with van der Waals surface area (Å²) in [6.45, 7) is 2.36. The molecule has 1 aliphatic heterocycles. The molecule has 12 nitrogen and oxygen atoms in total. The molecule has 1 fully saturated rings. The summed E-state index contributed by atoms with van der Waals surface area (Å²) in [5, 5.41) is 28.4. The third kappa shape index (κ3) is 6.17. The number of phenolic OH excluding ortho intramolecular Hbond substituents is 1. The molecule has 2 aromatic carbocycles. The molecule has 0 spiro atoms. The molecule has 0 radical (unpaired) electrons. The summed E-state index contributed by atoms with van der Waals surface area (Å²) in [6, 6.07) is 9.59. The van der Waals surface area contributed by atoms with Crippen LogP contribution in [0.15, 0.2) is 41.5 Å². The monoisotopic (exact) mass is 688 g/mol. The first-order valence-electron chi connectivity index (χ1n) is 9.96. The lowest BCUT2D eigenvalue weighted by Crippen LogP contribution is -2.37. The number of ether oxygens (including phenoxy) is 1. The first-order valence-corrected chi connectivity index (χ1v) is 12.1. The number of nitro groups is 1. The fourth-order valence-electron chi connectivity index (χ4n) is 3.01. The summed E-state index contributed by atoms with van der Waals surface area (Å²) in [4.78, 5) is 25.7. The van der Waals surface area contributed by atoms with Gasteiger partial charge in [-0.3, -0.25) is 10.1 Å². The fraction of sp³-hybridized carbons (Fsp3) is 0.200. The molecule has 3 aromatic rings. The molecule has 14 heteroatoms. The summed E-state index contributed by atoms with van der Waals surface area (Å²) in [7, 11) is 0. The van der Waals surface area contributed by atoms with Crippen LogP contribution >= 0.6 is 45.2 Å². The Balaban J connectivity index is 1.58. The Morgan fingerprint density at radius 1 is 1.12 bits per heavy atom. The Hall–Kier alpha value is -2.86. The first-order chi connectivity index (χ1) is 16.4. The van der Waals surface area contributed by atoms with Crippen LogP contribution in [0.5, 0.6) is 5.75 Å². The Kier molecular flexibility index (Phi) is 7.88. The number of aromatic nitrogens is 3. The van der Waals surface area contributed by atoms with E-state index in [1.54, 1.807) is 18.2 Å². The maximum Gasteiger partial charge on any atom is 0.269 e. The zero-order valence-corrected chi connectivity index (χ0v) is 21.8. The second-order valence-electron chi connectivity index (χ2n) is 7.01. The quantitative estimate of drug-likeness (QED) is 0.145. The smallest absolute Gasteiger partial charge is 0.269 e. The van der Waals surface area contributed by atoms with Gasteiger partial charge in [0, 0.05) is 40.0 Å². The lowest BCUT2D eigenvalue weighted by Gasteiger charge is -2.27. The Bertz CT molecular complexity index is 1220. The third-order valence-corrected chi connectivity index (χ3v) is 6.12. The molecule has 0 bridgehead atoms. The highest BCUT2D eigenvalue weighted by Crippen LogP contribution is 2.26.